The van der Waals surface area contributed by atoms with Gasteiger partial charge < -0.3 is 9.47 Å². The first-order chi connectivity index (χ1) is 14.7. The average molecular weight is 421 g/mol. The summed E-state index contributed by atoms with van der Waals surface area (Å²) in [5.41, 5.74) is 2.61. The summed E-state index contributed by atoms with van der Waals surface area (Å²) in [6, 6.07) is 20.7. The molecule has 0 saturated heterocycles. The molecule has 0 unspecified atom stereocenters. The monoisotopic (exact) mass is 420 g/mol. The van der Waals surface area contributed by atoms with E-state index in [1.807, 2.05) is 54.6 Å². The molecule has 30 heavy (non-hydrogen) atoms. The van der Waals surface area contributed by atoms with E-state index in [1.165, 1.54) is 18.9 Å². The van der Waals surface area contributed by atoms with E-state index >= 15 is 0 Å². The second-order valence-electron chi connectivity index (χ2n) is 6.68. The van der Waals surface area contributed by atoms with Crippen LogP contribution in [0.25, 0.3) is 11.1 Å². The molecule has 0 aliphatic heterocycles. The van der Waals surface area contributed by atoms with E-state index in [9.17, 15) is 9.59 Å². The lowest BCUT2D eigenvalue weighted by atomic mass is 9.99. The van der Waals surface area contributed by atoms with E-state index in [-0.39, 0.29) is 0 Å². The van der Waals surface area contributed by atoms with Crippen molar-refractivity contribution in [2.45, 2.75) is 29.6 Å². The van der Waals surface area contributed by atoms with Crippen molar-refractivity contribution < 1.29 is 19.1 Å². The van der Waals surface area contributed by atoms with Crippen LogP contribution in [0.15, 0.2) is 76.5 Å². The summed E-state index contributed by atoms with van der Waals surface area (Å²) in [5.74, 6) is 0.421. The van der Waals surface area contributed by atoms with Crippen LogP contribution >= 0.6 is 11.8 Å². The fourth-order valence-electron chi connectivity index (χ4n) is 2.98. The van der Waals surface area contributed by atoms with Crippen molar-refractivity contribution in [1.29, 1.82) is 0 Å². The molecule has 0 N–H and O–H groups in total. The van der Waals surface area contributed by atoms with Gasteiger partial charge in [0.05, 0.1) is 19.3 Å². The third-order valence-corrected chi connectivity index (χ3v) is 5.69. The molecule has 154 valence electrons. The van der Waals surface area contributed by atoms with E-state index in [2.05, 4.69) is 6.92 Å². The van der Waals surface area contributed by atoms with Crippen LogP contribution in [0.3, 0.4) is 0 Å². The molecule has 5 heteroatoms. The van der Waals surface area contributed by atoms with Gasteiger partial charge in [-0.25, -0.2) is 4.79 Å². The van der Waals surface area contributed by atoms with Gasteiger partial charge in [0, 0.05) is 15.4 Å². The van der Waals surface area contributed by atoms with Gasteiger partial charge in [-0.05, 0) is 53.9 Å². The molecule has 0 fully saturated rings. The van der Waals surface area contributed by atoms with Gasteiger partial charge in [-0.2, -0.15) is 0 Å². The van der Waals surface area contributed by atoms with Crippen LogP contribution in [0.5, 0.6) is 5.75 Å². The molecule has 0 atom stereocenters. The van der Waals surface area contributed by atoms with Crippen molar-refractivity contribution in [1.82, 2.24) is 0 Å². The molecule has 3 aromatic rings. The minimum absolute atomic E-state index is 0.414. The Kier molecular flexibility index (Phi) is 7.69. The zero-order valence-corrected chi connectivity index (χ0v) is 17.9. The Balaban J connectivity index is 1.87. The van der Waals surface area contributed by atoms with Gasteiger partial charge in [0.15, 0.2) is 6.29 Å². The molecule has 0 bridgehead atoms. The SMILES string of the molecule is CCCCOc1ccc(Sc2ccc(-c3ccccc3C=O)cc2C(=O)OC)cc1. The molecular weight excluding hydrogens is 396 g/mol. The Morgan fingerprint density at radius 1 is 1.03 bits per heavy atom. The molecule has 0 saturated carbocycles. The van der Waals surface area contributed by atoms with Gasteiger partial charge in [-0.3, -0.25) is 4.79 Å². The van der Waals surface area contributed by atoms with Crippen LogP contribution < -0.4 is 4.74 Å². The number of rotatable bonds is 9. The highest BCUT2D eigenvalue weighted by molar-refractivity contribution is 7.99. The van der Waals surface area contributed by atoms with Crippen molar-refractivity contribution in [3.05, 3.63) is 77.9 Å². The number of benzene rings is 3. The van der Waals surface area contributed by atoms with Gasteiger partial charge in [0.2, 0.25) is 0 Å². The van der Waals surface area contributed by atoms with Crippen molar-refractivity contribution in [3.63, 3.8) is 0 Å². The van der Waals surface area contributed by atoms with Crippen LogP contribution in [-0.4, -0.2) is 26.0 Å². The first kappa shape index (κ1) is 21.7. The lowest BCUT2D eigenvalue weighted by Crippen LogP contribution is -2.04. The number of unbranched alkanes of at least 4 members (excludes halogenated alkanes) is 1. The zero-order chi connectivity index (χ0) is 21.3. The van der Waals surface area contributed by atoms with E-state index in [1.54, 1.807) is 12.1 Å². The van der Waals surface area contributed by atoms with E-state index in [0.717, 1.165) is 45.8 Å². The summed E-state index contributed by atoms with van der Waals surface area (Å²) in [4.78, 5) is 25.6. The summed E-state index contributed by atoms with van der Waals surface area (Å²) >= 11 is 1.48. The van der Waals surface area contributed by atoms with E-state index in [4.69, 9.17) is 9.47 Å². The number of carbonyl (C=O) groups excluding carboxylic acids is 2. The number of esters is 1. The molecule has 0 aliphatic carbocycles. The van der Waals surface area contributed by atoms with Crippen LogP contribution in [-0.2, 0) is 4.74 Å². The molecule has 3 aromatic carbocycles. The minimum Gasteiger partial charge on any atom is -0.494 e. The molecular formula is C25H24O4S. The normalized spacial score (nSPS) is 10.5. The van der Waals surface area contributed by atoms with E-state index in [0.29, 0.717) is 17.7 Å². The van der Waals surface area contributed by atoms with Gasteiger partial charge in [0.1, 0.15) is 5.75 Å². The van der Waals surface area contributed by atoms with Crippen molar-refractivity contribution >= 4 is 24.0 Å². The topological polar surface area (TPSA) is 52.6 Å². The lowest BCUT2D eigenvalue weighted by molar-refractivity contribution is 0.0596. The molecule has 0 aromatic heterocycles. The third kappa shape index (κ3) is 5.30. The van der Waals surface area contributed by atoms with Crippen LogP contribution in [0.2, 0.25) is 0 Å². The highest BCUT2D eigenvalue weighted by Crippen LogP contribution is 2.35. The summed E-state index contributed by atoms with van der Waals surface area (Å²) in [7, 11) is 1.37. The minimum atomic E-state index is -0.414. The number of hydrogen-bond donors (Lipinski definition) is 0. The molecule has 3 rings (SSSR count). The zero-order valence-electron chi connectivity index (χ0n) is 17.1. The largest absolute Gasteiger partial charge is 0.494 e. The maximum Gasteiger partial charge on any atom is 0.339 e. The van der Waals surface area contributed by atoms with Crippen LogP contribution in [0, 0.1) is 0 Å². The summed E-state index contributed by atoms with van der Waals surface area (Å²) in [6.45, 7) is 2.84. The Labute approximate surface area is 181 Å². The molecule has 0 aliphatic rings. The van der Waals surface area contributed by atoms with E-state index < -0.39 is 5.97 Å². The van der Waals surface area contributed by atoms with Crippen molar-refractivity contribution in [2.24, 2.45) is 0 Å². The smallest absolute Gasteiger partial charge is 0.339 e. The first-order valence-electron chi connectivity index (χ1n) is 9.84. The summed E-state index contributed by atoms with van der Waals surface area (Å²) in [5, 5.41) is 0. The number of ether oxygens (including phenoxy) is 2. The van der Waals surface area contributed by atoms with Crippen molar-refractivity contribution in [2.75, 3.05) is 13.7 Å². The fraction of sp³-hybridized carbons (Fsp3) is 0.200. The van der Waals surface area contributed by atoms with Gasteiger partial charge in [0.25, 0.3) is 0 Å². The maximum atomic E-state index is 12.4. The van der Waals surface area contributed by atoms with Crippen LogP contribution in [0.4, 0.5) is 0 Å². The predicted molar refractivity (Wildman–Crippen MR) is 120 cm³/mol. The molecule has 0 amide bonds. The van der Waals surface area contributed by atoms with Crippen LogP contribution in [0.1, 0.15) is 40.5 Å². The standard InChI is InChI=1S/C25H24O4S/c1-3-4-15-29-20-10-12-21(13-11-20)30-24-14-9-18(16-23(24)25(27)28-2)22-8-6-5-7-19(22)17-26/h5-14,16-17H,3-4,15H2,1-2H3. The maximum absolute atomic E-state index is 12.4. The average Bonchev–Trinajstić information content (AvgIpc) is 2.80. The number of hydrogen-bond acceptors (Lipinski definition) is 5. The molecule has 0 heterocycles. The third-order valence-electron chi connectivity index (χ3n) is 4.60. The fourth-order valence-corrected chi connectivity index (χ4v) is 3.90. The Morgan fingerprint density at radius 3 is 2.50 bits per heavy atom. The molecule has 0 spiro atoms. The van der Waals surface area contributed by atoms with Gasteiger partial charge >= 0.3 is 5.97 Å². The summed E-state index contributed by atoms with van der Waals surface area (Å²) in [6.07, 6.45) is 2.94. The quantitative estimate of drug-likeness (QED) is 0.232. The highest BCUT2D eigenvalue weighted by Gasteiger charge is 2.16. The Bertz CT molecular complexity index is 1010. The molecule has 4 nitrogen and oxygen atoms in total. The Morgan fingerprint density at radius 2 is 1.80 bits per heavy atom. The second-order valence-corrected chi connectivity index (χ2v) is 7.80. The molecule has 0 radical (unpaired) electrons. The predicted octanol–water partition coefficient (Wildman–Crippen LogP) is 6.28. The second kappa shape index (κ2) is 10.6. The van der Waals surface area contributed by atoms with Gasteiger partial charge in [-0.15, -0.1) is 0 Å². The first-order valence-corrected chi connectivity index (χ1v) is 10.7. The summed E-state index contributed by atoms with van der Waals surface area (Å²) < 4.78 is 10.7. The Hall–Kier alpha value is -3.05. The number of aldehydes is 1. The highest BCUT2D eigenvalue weighted by atomic mass is 32.2. The lowest BCUT2D eigenvalue weighted by Gasteiger charge is -2.12. The van der Waals surface area contributed by atoms with Gasteiger partial charge in [-0.1, -0.05) is 55.4 Å². The number of carbonyl (C=O) groups is 2. The number of methoxy groups -OCH3 is 1. The van der Waals surface area contributed by atoms with Crippen molar-refractivity contribution in [3.8, 4) is 16.9 Å².